The molecular formula is C20H16N4O2S. The number of amides is 1. The molecule has 0 bridgehead atoms. The Morgan fingerprint density at radius 3 is 2.67 bits per heavy atom. The Labute approximate surface area is 159 Å². The predicted octanol–water partition coefficient (Wildman–Crippen LogP) is 4.10. The second kappa shape index (κ2) is 7.51. The number of aryl methyl sites for hydroxylation is 1. The van der Waals surface area contributed by atoms with Crippen molar-refractivity contribution in [3.8, 4) is 22.6 Å². The van der Waals surface area contributed by atoms with Crippen LogP contribution in [0.1, 0.15) is 21.3 Å². The van der Waals surface area contributed by atoms with Gasteiger partial charge in [0.2, 0.25) is 11.7 Å². The first kappa shape index (κ1) is 17.1. The second-order valence-corrected chi connectivity index (χ2v) is 6.84. The lowest BCUT2D eigenvalue weighted by molar-refractivity contribution is 0.0951. The molecular weight excluding hydrogens is 360 g/mol. The van der Waals surface area contributed by atoms with Gasteiger partial charge in [-0.15, -0.1) is 11.3 Å². The molecule has 134 valence electrons. The quantitative estimate of drug-likeness (QED) is 0.567. The van der Waals surface area contributed by atoms with Gasteiger partial charge in [0.1, 0.15) is 5.01 Å². The molecule has 4 aromatic rings. The SMILES string of the molecule is Cc1nc(-c2cccc(C(=O)NCc3nc(-c4ccccc4)cs3)c2)no1. The number of benzene rings is 2. The number of hydrogen-bond donors (Lipinski definition) is 1. The van der Waals surface area contributed by atoms with Crippen LogP contribution in [0.4, 0.5) is 0 Å². The summed E-state index contributed by atoms with van der Waals surface area (Å²) in [4.78, 5) is 21.3. The van der Waals surface area contributed by atoms with Crippen LogP contribution in [-0.4, -0.2) is 21.0 Å². The number of hydrogen-bond acceptors (Lipinski definition) is 6. The minimum atomic E-state index is -0.173. The number of carbonyl (C=O) groups is 1. The normalized spacial score (nSPS) is 10.7. The summed E-state index contributed by atoms with van der Waals surface area (Å²) >= 11 is 1.53. The van der Waals surface area contributed by atoms with Crippen LogP contribution in [0, 0.1) is 6.92 Å². The van der Waals surface area contributed by atoms with E-state index in [0.29, 0.717) is 23.8 Å². The fraction of sp³-hybridized carbons (Fsp3) is 0.100. The van der Waals surface area contributed by atoms with Gasteiger partial charge in [-0.2, -0.15) is 4.98 Å². The second-order valence-electron chi connectivity index (χ2n) is 5.89. The smallest absolute Gasteiger partial charge is 0.251 e. The Hall–Kier alpha value is -3.32. The van der Waals surface area contributed by atoms with Crippen molar-refractivity contribution in [2.24, 2.45) is 0 Å². The van der Waals surface area contributed by atoms with E-state index >= 15 is 0 Å². The molecule has 6 nitrogen and oxygen atoms in total. The topological polar surface area (TPSA) is 80.9 Å². The molecule has 0 unspecified atom stereocenters. The maximum Gasteiger partial charge on any atom is 0.251 e. The van der Waals surface area contributed by atoms with Gasteiger partial charge in [0.15, 0.2) is 0 Å². The molecule has 7 heteroatoms. The van der Waals surface area contributed by atoms with Crippen molar-refractivity contribution in [2.45, 2.75) is 13.5 Å². The molecule has 4 rings (SSSR count). The Morgan fingerprint density at radius 1 is 1.07 bits per heavy atom. The maximum atomic E-state index is 12.5. The maximum absolute atomic E-state index is 12.5. The molecule has 2 aromatic carbocycles. The molecule has 0 atom stereocenters. The largest absolute Gasteiger partial charge is 0.346 e. The summed E-state index contributed by atoms with van der Waals surface area (Å²) in [5.74, 6) is 0.779. The monoisotopic (exact) mass is 376 g/mol. The van der Waals surface area contributed by atoms with Crippen LogP contribution in [0.2, 0.25) is 0 Å². The summed E-state index contributed by atoms with van der Waals surface area (Å²) in [5.41, 5.74) is 3.25. The zero-order valence-corrected chi connectivity index (χ0v) is 15.4. The zero-order chi connectivity index (χ0) is 18.6. The first-order chi connectivity index (χ1) is 13.2. The average molecular weight is 376 g/mol. The lowest BCUT2D eigenvalue weighted by Gasteiger charge is -2.04. The molecule has 0 radical (unpaired) electrons. The minimum absolute atomic E-state index is 0.173. The summed E-state index contributed by atoms with van der Waals surface area (Å²) < 4.78 is 4.99. The summed E-state index contributed by atoms with van der Waals surface area (Å²) in [7, 11) is 0. The van der Waals surface area contributed by atoms with E-state index in [0.717, 1.165) is 21.8 Å². The van der Waals surface area contributed by atoms with Gasteiger partial charge in [0.05, 0.1) is 12.2 Å². The number of aromatic nitrogens is 3. The molecule has 1 N–H and O–H groups in total. The molecule has 0 aliphatic rings. The van der Waals surface area contributed by atoms with Gasteiger partial charge in [-0.1, -0.05) is 47.6 Å². The lowest BCUT2D eigenvalue weighted by atomic mass is 10.1. The summed E-state index contributed by atoms with van der Waals surface area (Å²) in [6.07, 6.45) is 0. The van der Waals surface area contributed by atoms with Crippen molar-refractivity contribution in [1.82, 2.24) is 20.4 Å². The molecule has 0 saturated carbocycles. The average Bonchev–Trinajstić information content (AvgIpc) is 3.36. The fourth-order valence-electron chi connectivity index (χ4n) is 2.61. The molecule has 0 spiro atoms. The third-order valence-corrected chi connectivity index (χ3v) is 4.78. The standard InChI is InChI=1S/C20H16N4O2S/c1-13-22-19(24-26-13)15-8-5-9-16(10-15)20(25)21-11-18-23-17(12-27-18)14-6-3-2-4-7-14/h2-10,12H,11H2,1H3,(H,21,25). The van der Waals surface area contributed by atoms with Crippen LogP contribution >= 0.6 is 11.3 Å². The van der Waals surface area contributed by atoms with Crippen LogP contribution in [-0.2, 0) is 6.54 Å². The first-order valence-corrected chi connectivity index (χ1v) is 9.26. The van der Waals surface area contributed by atoms with E-state index in [4.69, 9.17) is 4.52 Å². The summed E-state index contributed by atoms with van der Waals surface area (Å²) in [5, 5.41) is 9.64. The molecule has 0 aliphatic carbocycles. The van der Waals surface area contributed by atoms with Crippen LogP contribution in [0.5, 0.6) is 0 Å². The molecule has 0 fully saturated rings. The van der Waals surface area contributed by atoms with Crippen molar-refractivity contribution in [2.75, 3.05) is 0 Å². The van der Waals surface area contributed by atoms with E-state index in [-0.39, 0.29) is 5.91 Å². The Kier molecular flexibility index (Phi) is 4.76. The molecule has 27 heavy (non-hydrogen) atoms. The Morgan fingerprint density at radius 2 is 1.89 bits per heavy atom. The Bertz CT molecular complexity index is 1070. The van der Waals surface area contributed by atoms with Crippen molar-refractivity contribution in [3.63, 3.8) is 0 Å². The van der Waals surface area contributed by atoms with E-state index in [9.17, 15) is 4.79 Å². The predicted molar refractivity (Wildman–Crippen MR) is 103 cm³/mol. The number of nitrogens with zero attached hydrogens (tertiary/aromatic N) is 3. The van der Waals surface area contributed by atoms with Crippen molar-refractivity contribution >= 4 is 17.2 Å². The summed E-state index contributed by atoms with van der Waals surface area (Å²) in [6, 6.07) is 17.1. The fourth-order valence-corrected chi connectivity index (χ4v) is 3.35. The lowest BCUT2D eigenvalue weighted by Crippen LogP contribution is -2.22. The van der Waals surface area contributed by atoms with Crippen LogP contribution in [0.25, 0.3) is 22.6 Å². The Balaban J connectivity index is 1.43. The highest BCUT2D eigenvalue weighted by Gasteiger charge is 2.11. The van der Waals surface area contributed by atoms with Gasteiger partial charge >= 0.3 is 0 Å². The highest BCUT2D eigenvalue weighted by atomic mass is 32.1. The van der Waals surface area contributed by atoms with E-state index in [1.165, 1.54) is 11.3 Å². The van der Waals surface area contributed by atoms with Gasteiger partial charge in [-0.3, -0.25) is 4.79 Å². The first-order valence-electron chi connectivity index (χ1n) is 8.38. The molecule has 2 heterocycles. The third-order valence-electron chi connectivity index (χ3n) is 3.93. The third kappa shape index (κ3) is 3.93. The number of nitrogens with one attached hydrogen (secondary N) is 1. The van der Waals surface area contributed by atoms with E-state index < -0.39 is 0 Å². The van der Waals surface area contributed by atoms with Gasteiger partial charge < -0.3 is 9.84 Å². The number of carbonyl (C=O) groups excluding carboxylic acids is 1. The van der Waals surface area contributed by atoms with E-state index in [1.807, 2.05) is 41.8 Å². The van der Waals surface area contributed by atoms with Crippen LogP contribution in [0.15, 0.2) is 64.5 Å². The molecule has 0 saturated heterocycles. The van der Waals surface area contributed by atoms with Crippen LogP contribution in [0.3, 0.4) is 0 Å². The number of thiazole rings is 1. The number of rotatable bonds is 5. The van der Waals surface area contributed by atoms with E-state index in [2.05, 4.69) is 20.4 Å². The van der Waals surface area contributed by atoms with Gasteiger partial charge in [-0.25, -0.2) is 4.98 Å². The molecule has 0 aliphatic heterocycles. The van der Waals surface area contributed by atoms with Crippen molar-refractivity contribution < 1.29 is 9.32 Å². The highest BCUT2D eigenvalue weighted by molar-refractivity contribution is 7.09. The molecule has 1 amide bonds. The minimum Gasteiger partial charge on any atom is -0.346 e. The summed E-state index contributed by atoms with van der Waals surface area (Å²) in [6.45, 7) is 2.10. The van der Waals surface area contributed by atoms with Crippen molar-refractivity contribution in [1.29, 1.82) is 0 Å². The van der Waals surface area contributed by atoms with Gasteiger partial charge in [-0.05, 0) is 12.1 Å². The van der Waals surface area contributed by atoms with Crippen molar-refractivity contribution in [3.05, 3.63) is 76.4 Å². The van der Waals surface area contributed by atoms with Gasteiger partial charge in [0, 0.05) is 29.0 Å². The van der Waals surface area contributed by atoms with Gasteiger partial charge in [0.25, 0.3) is 5.91 Å². The highest BCUT2D eigenvalue weighted by Crippen LogP contribution is 2.21. The van der Waals surface area contributed by atoms with E-state index in [1.54, 1.807) is 25.1 Å². The van der Waals surface area contributed by atoms with Crippen LogP contribution < -0.4 is 5.32 Å². The zero-order valence-electron chi connectivity index (χ0n) is 14.5. The molecule has 2 aromatic heterocycles.